The molecule has 0 radical (unpaired) electrons. The van der Waals surface area contributed by atoms with Crippen LogP contribution in [0, 0.1) is 0 Å². The molecule has 5 heteroatoms. The lowest BCUT2D eigenvalue weighted by molar-refractivity contribution is 0.202. The summed E-state index contributed by atoms with van der Waals surface area (Å²) in [6.45, 7) is 2.16. The van der Waals surface area contributed by atoms with Crippen molar-refractivity contribution in [1.29, 1.82) is 0 Å². The third kappa shape index (κ3) is 2.11. The Morgan fingerprint density at radius 2 is 2.40 bits per heavy atom. The van der Waals surface area contributed by atoms with E-state index >= 15 is 0 Å². The van der Waals surface area contributed by atoms with Crippen molar-refractivity contribution in [3.63, 3.8) is 0 Å². The molecule has 1 unspecified atom stereocenters. The summed E-state index contributed by atoms with van der Waals surface area (Å²) < 4.78 is 6.99. The molecule has 2 heterocycles. The first-order valence-electron chi connectivity index (χ1n) is 5.18. The van der Waals surface area contributed by atoms with Gasteiger partial charge in [-0.2, -0.15) is 5.10 Å². The van der Waals surface area contributed by atoms with E-state index in [9.17, 15) is 0 Å². The maximum absolute atomic E-state index is 6.16. The number of methoxy groups -OCH3 is 1. The SMILES string of the molecule is COc1cnn(C2CCCN(C)C2)c1Cl. The van der Waals surface area contributed by atoms with E-state index in [1.54, 1.807) is 13.3 Å². The highest BCUT2D eigenvalue weighted by atomic mass is 35.5. The Morgan fingerprint density at radius 1 is 1.60 bits per heavy atom. The van der Waals surface area contributed by atoms with E-state index in [0.717, 1.165) is 19.5 Å². The van der Waals surface area contributed by atoms with Crippen LogP contribution in [0.3, 0.4) is 0 Å². The number of ether oxygens (including phenoxy) is 1. The van der Waals surface area contributed by atoms with Crippen LogP contribution in [-0.4, -0.2) is 41.9 Å². The Hall–Kier alpha value is -0.740. The van der Waals surface area contributed by atoms with Crippen molar-refractivity contribution in [3.8, 4) is 5.75 Å². The number of aromatic nitrogens is 2. The number of hydrogen-bond acceptors (Lipinski definition) is 3. The van der Waals surface area contributed by atoms with Gasteiger partial charge < -0.3 is 9.64 Å². The van der Waals surface area contributed by atoms with Crippen LogP contribution in [0.2, 0.25) is 5.15 Å². The highest BCUT2D eigenvalue weighted by molar-refractivity contribution is 6.31. The maximum atomic E-state index is 6.16. The zero-order valence-corrected chi connectivity index (χ0v) is 9.87. The molecule has 1 fully saturated rings. The van der Waals surface area contributed by atoms with Gasteiger partial charge in [-0.25, -0.2) is 4.68 Å². The number of nitrogens with zero attached hydrogens (tertiary/aromatic N) is 3. The molecule has 0 saturated carbocycles. The lowest BCUT2D eigenvalue weighted by atomic mass is 10.1. The number of piperidine rings is 1. The van der Waals surface area contributed by atoms with Crippen LogP contribution in [0.4, 0.5) is 0 Å². The second kappa shape index (κ2) is 4.41. The minimum atomic E-state index is 0.375. The van der Waals surface area contributed by atoms with Gasteiger partial charge in [0.25, 0.3) is 0 Å². The molecule has 1 aromatic rings. The van der Waals surface area contributed by atoms with Gasteiger partial charge in [0.05, 0.1) is 19.3 Å². The lowest BCUT2D eigenvalue weighted by Crippen LogP contribution is -2.34. The number of hydrogen-bond donors (Lipinski definition) is 0. The van der Waals surface area contributed by atoms with Crippen LogP contribution >= 0.6 is 11.6 Å². The van der Waals surface area contributed by atoms with Crippen molar-refractivity contribution in [1.82, 2.24) is 14.7 Å². The van der Waals surface area contributed by atoms with Gasteiger partial charge in [0.2, 0.25) is 0 Å². The van der Waals surface area contributed by atoms with E-state index in [1.165, 1.54) is 6.42 Å². The first-order chi connectivity index (χ1) is 7.22. The van der Waals surface area contributed by atoms with Crippen LogP contribution in [-0.2, 0) is 0 Å². The number of rotatable bonds is 2. The van der Waals surface area contributed by atoms with E-state index < -0.39 is 0 Å². The third-order valence-corrected chi connectivity index (χ3v) is 3.23. The number of likely N-dealkylation sites (tertiary alicyclic amines) is 1. The fourth-order valence-electron chi connectivity index (χ4n) is 2.06. The van der Waals surface area contributed by atoms with Crippen molar-refractivity contribution < 1.29 is 4.74 Å². The van der Waals surface area contributed by atoms with Crippen molar-refractivity contribution >= 4 is 11.6 Å². The molecule has 1 aromatic heterocycles. The lowest BCUT2D eigenvalue weighted by Gasteiger charge is -2.30. The first-order valence-corrected chi connectivity index (χ1v) is 5.55. The summed E-state index contributed by atoms with van der Waals surface area (Å²) in [6.07, 6.45) is 4.01. The second-order valence-corrected chi connectivity index (χ2v) is 4.36. The number of halogens is 1. The minimum absolute atomic E-state index is 0.375. The second-order valence-electron chi connectivity index (χ2n) is 4.01. The highest BCUT2D eigenvalue weighted by Crippen LogP contribution is 2.29. The zero-order chi connectivity index (χ0) is 10.8. The molecule has 0 aliphatic carbocycles. The van der Waals surface area contributed by atoms with Gasteiger partial charge >= 0.3 is 0 Å². The van der Waals surface area contributed by atoms with Gasteiger partial charge in [0.1, 0.15) is 0 Å². The summed E-state index contributed by atoms with van der Waals surface area (Å²) in [6, 6.07) is 0.375. The van der Waals surface area contributed by atoms with Crippen LogP contribution in [0.1, 0.15) is 18.9 Å². The first kappa shape index (κ1) is 10.8. The number of likely N-dealkylation sites (N-methyl/N-ethyl adjacent to an activating group) is 1. The molecule has 0 spiro atoms. The Labute approximate surface area is 94.8 Å². The highest BCUT2D eigenvalue weighted by Gasteiger charge is 2.22. The average Bonchev–Trinajstić information content (AvgIpc) is 2.59. The summed E-state index contributed by atoms with van der Waals surface area (Å²) in [4.78, 5) is 2.30. The smallest absolute Gasteiger partial charge is 0.175 e. The van der Waals surface area contributed by atoms with Crippen molar-refractivity contribution in [2.75, 3.05) is 27.2 Å². The molecule has 2 rings (SSSR count). The normalized spacial score (nSPS) is 23.0. The monoisotopic (exact) mass is 229 g/mol. The molecular weight excluding hydrogens is 214 g/mol. The van der Waals surface area contributed by atoms with Gasteiger partial charge in [0, 0.05) is 6.54 Å². The molecule has 1 saturated heterocycles. The Bertz CT molecular complexity index is 339. The van der Waals surface area contributed by atoms with E-state index in [-0.39, 0.29) is 0 Å². The third-order valence-electron chi connectivity index (χ3n) is 2.87. The molecule has 1 atom stereocenters. The Morgan fingerprint density at radius 3 is 3.00 bits per heavy atom. The van der Waals surface area contributed by atoms with Crippen LogP contribution in [0.15, 0.2) is 6.20 Å². The molecule has 15 heavy (non-hydrogen) atoms. The summed E-state index contributed by atoms with van der Waals surface area (Å²) in [7, 11) is 3.74. The summed E-state index contributed by atoms with van der Waals surface area (Å²) >= 11 is 6.16. The topological polar surface area (TPSA) is 30.3 Å². The summed E-state index contributed by atoms with van der Waals surface area (Å²) in [5, 5.41) is 4.89. The Kier molecular flexibility index (Phi) is 3.17. The molecule has 4 nitrogen and oxygen atoms in total. The maximum Gasteiger partial charge on any atom is 0.175 e. The molecular formula is C10H16ClN3O. The molecule has 0 bridgehead atoms. The van der Waals surface area contributed by atoms with Gasteiger partial charge in [-0.1, -0.05) is 11.6 Å². The average molecular weight is 230 g/mol. The summed E-state index contributed by atoms with van der Waals surface area (Å²) in [5.41, 5.74) is 0. The van der Waals surface area contributed by atoms with E-state index in [1.807, 2.05) is 4.68 Å². The minimum Gasteiger partial charge on any atom is -0.492 e. The molecule has 0 amide bonds. The van der Waals surface area contributed by atoms with Crippen molar-refractivity contribution in [2.24, 2.45) is 0 Å². The molecule has 0 aromatic carbocycles. The van der Waals surface area contributed by atoms with E-state index in [2.05, 4.69) is 17.0 Å². The fraction of sp³-hybridized carbons (Fsp3) is 0.700. The predicted octanol–water partition coefficient (Wildman–Crippen LogP) is 1.81. The van der Waals surface area contributed by atoms with Crippen LogP contribution < -0.4 is 4.74 Å². The van der Waals surface area contributed by atoms with Gasteiger partial charge in [0.15, 0.2) is 10.9 Å². The largest absolute Gasteiger partial charge is 0.492 e. The van der Waals surface area contributed by atoms with E-state index in [0.29, 0.717) is 16.9 Å². The van der Waals surface area contributed by atoms with Crippen molar-refractivity contribution in [3.05, 3.63) is 11.3 Å². The van der Waals surface area contributed by atoms with Crippen LogP contribution in [0.5, 0.6) is 5.75 Å². The van der Waals surface area contributed by atoms with Gasteiger partial charge in [-0.05, 0) is 26.4 Å². The quantitative estimate of drug-likeness (QED) is 0.775. The Balaban J connectivity index is 2.17. The van der Waals surface area contributed by atoms with Crippen LogP contribution in [0.25, 0.3) is 0 Å². The molecule has 84 valence electrons. The molecule has 1 aliphatic heterocycles. The standard InChI is InChI=1S/C10H16ClN3O/c1-13-5-3-4-8(7-13)14-10(11)9(15-2)6-12-14/h6,8H,3-5,7H2,1-2H3. The molecule has 1 aliphatic rings. The summed E-state index contributed by atoms with van der Waals surface area (Å²) in [5.74, 6) is 0.657. The zero-order valence-electron chi connectivity index (χ0n) is 9.11. The molecule has 0 N–H and O–H groups in total. The predicted molar refractivity (Wildman–Crippen MR) is 59.6 cm³/mol. The fourth-order valence-corrected chi connectivity index (χ4v) is 2.37. The van der Waals surface area contributed by atoms with Gasteiger partial charge in [-0.3, -0.25) is 0 Å². The van der Waals surface area contributed by atoms with E-state index in [4.69, 9.17) is 16.3 Å². The van der Waals surface area contributed by atoms with Crippen molar-refractivity contribution in [2.45, 2.75) is 18.9 Å². The van der Waals surface area contributed by atoms with Gasteiger partial charge in [-0.15, -0.1) is 0 Å².